The van der Waals surface area contributed by atoms with Gasteiger partial charge in [0.1, 0.15) is 5.60 Å². The molecule has 0 saturated heterocycles. The Kier molecular flexibility index (Phi) is 3.10. The summed E-state index contributed by atoms with van der Waals surface area (Å²) < 4.78 is 11.9. The van der Waals surface area contributed by atoms with Crippen LogP contribution in [0.15, 0.2) is 12.2 Å². The molecule has 4 atom stereocenters. The number of hydrogen-bond acceptors (Lipinski definition) is 4. The van der Waals surface area contributed by atoms with E-state index in [0.29, 0.717) is 31.4 Å². The molecule has 0 aliphatic heterocycles. The van der Waals surface area contributed by atoms with Crippen molar-refractivity contribution in [1.29, 1.82) is 0 Å². The van der Waals surface area contributed by atoms with E-state index in [4.69, 9.17) is 9.47 Å². The summed E-state index contributed by atoms with van der Waals surface area (Å²) in [6, 6.07) is 0. The van der Waals surface area contributed by atoms with Crippen LogP contribution in [0.2, 0.25) is 0 Å². The zero-order valence-corrected chi connectivity index (χ0v) is 13.3. The highest BCUT2D eigenvalue weighted by atomic mass is 16.6. The van der Waals surface area contributed by atoms with Crippen molar-refractivity contribution in [1.82, 2.24) is 0 Å². The summed E-state index contributed by atoms with van der Waals surface area (Å²) in [6.45, 7) is 10.1. The maximum absolute atomic E-state index is 12.1. The molecular weight excluding hydrogens is 268 g/mol. The molecule has 118 valence electrons. The minimum atomic E-state index is -0.770. The van der Waals surface area contributed by atoms with Gasteiger partial charge in [0.05, 0.1) is 11.2 Å². The second-order valence-electron chi connectivity index (χ2n) is 8.06. The lowest BCUT2D eigenvalue weighted by atomic mass is 9.45. The lowest BCUT2D eigenvalue weighted by Crippen LogP contribution is -2.70. The van der Waals surface area contributed by atoms with E-state index in [1.807, 2.05) is 6.92 Å². The molecule has 4 aliphatic rings. The molecule has 0 heterocycles. The van der Waals surface area contributed by atoms with Gasteiger partial charge in [-0.2, -0.15) is 0 Å². The summed E-state index contributed by atoms with van der Waals surface area (Å²) in [6.07, 6.45) is 4.43. The third kappa shape index (κ3) is 2.42. The fraction of sp³-hybridized carbons (Fsp3) is 0.824. The van der Waals surface area contributed by atoms with Gasteiger partial charge in [0.15, 0.2) is 0 Å². The number of hydrogen-bond donors (Lipinski definition) is 1. The van der Waals surface area contributed by atoms with Crippen LogP contribution in [0.3, 0.4) is 0 Å². The Morgan fingerprint density at radius 1 is 1.14 bits per heavy atom. The van der Waals surface area contributed by atoms with Crippen LogP contribution in [0.5, 0.6) is 0 Å². The Balaban J connectivity index is 1.95. The minimum absolute atomic E-state index is 0.0198. The molecule has 1 N–H and O–H groups in total. The molecular formula is C17H26O4. The molecule has 0 radical (unpaired) electrons. The van der Waals surface area contributed by atoms with E-state index in [2.05, 4.69) is 13.5 Å². The number of carbonyl (C=O) groups excluding carboxylic acids is 1. The van der Waals surface area contributed by atoms with Gasteiger partial charge in [-0.1, -0.05) is 13.5 Å². The zero-order valence-electron chi connectivity index (χ0n) is 13.3. The fourth-order valence-electron chi connectivity index (χ4n) is 5.74. The predicted octanol–water partition coefficient (Wildman–Crippen LogP) is 2.74. The highest BCUT2D eigenvalue weighted by molar-refractivity contribution is 5.87. The minimum Gasteiger partial charge on any atom is -0.455 e. The van der Waals surface area contributed by atoms with Gasteiger partial charge >= 0.3 is 5.97 Å². The molecule has 0 aromatic rings. The topological polar surface area (TPSA) is 55.8 Å². The van der Waals surface area contributed by atoms with E-state index in [1.54, 1.807) is 6.92 Å². The monoisotopic (exact) mass is 294 g/mol. The van der Waals surface area contributed by atoms with E-state index in [-0.39, 0.29) is 17.0 Å². The van der Waals surface area contributed by atoms with Crippen molar-refractivity contribution < 1.29 is 19.4 Å². The van der Waals surface area contributed by atoms with Crippen LogP contribution < -0.4 is 0 Å². The zero-order chi connectivity index (χ0) is 15.5. The third-order valence-corrected chi connectivity index (χ3v) is 5.31. The number of ether oxygens (including phenoxy) is 2. The summed E-state index contributed by atoms with van der Waals surface area (Å²) >= 11 is 0. The Hall–Kier alpha value is -0.870. The fourth-order valence-corrected chi connectivity index (χ4v) is 5.74. The van der Waals surface area contributed by atoms with Gasteiger partial charge in [-0.25, -0.2) is 4.79 Å². The van der Waals surface area contributed by atoms with Gasteiger partial charge in [-0.15, -0.1) is 0 Å². The molecule has 4 rings (SSSR count). The first-order valence-electron chi connectivity index (χ1n) is 7.88. The molecule has 0 aromatic heterocycles. The van der Waals surface area contributed by atoms with Gasteiger partial charge in [-0.05, 0) is 38.5 Å². The van der Waals surface area contributed by atoms with Crippen molar-refractivity contribution in [3.63, 3.8) is 0 Å². The van der Waals surface area contributed by atoms with E-state index in [9.17, 15) is 9.90 Å². The molecule has 0 amide bonds. The Bertz CT molecular complexity index is 477. The second kappa shape index (κ2) is 4.32. The first kappa shape index (κ1) is 15.0. The van der Waals surface area contributed by atoms with Crippen LogP contribution in [-0.4, -0.2) is 34.5 Å². The van der Waals surface area contributed by atoms with E-state index in [1.165, 1.54) is 0 Å². The van der Waals surface area contributed by atoms with Crippen molar-refractivity contribution >= 4 is 5.97 Å². The van der Waals surface area contributed by atoms with Gasteiger partial charge in [-0.3, -0.25) is 0 Å². The Morgan fingerprint density at radius 2 is 1.76 bits per heavy atom. The number of rotatable bonds is 4. The van der Waals surface area contributed by atoms with Gasteiger partial charge in [0, 0.05) is 31.4 Å². The van der Waals surface area contributed by atoms with Crippen molar-refractivity contribution in [2.45, 2.75) is 76.1 Å². The smallest absolute Gasteiger partial charge is 0.333 e. The molecule has 21 heavy (non-hydrogen) atoms. The summed E-state index contributed by atoms with van der Waals surface area (Å²) in [4.78, 5) is 12.1. The van der Waals surface area contributed by atoms with Crippen LogP contribution in [-0.2, 0) is 14.3 Å². The summed E-state index contributed by atoms with van der Waals surface area (Å²) in [5, 5.41) is 11.0. The SMILES string of the molecule is C=C(C)C(=O)OC12CC3(C)CC(O)(CC(OCC)(C3)C1)C2. The molecule has 4 nitrogen and oxygen atoms in total. The summed E-state index contributed by atoms with van der Waals surface area (Å²) in [5.41, 5.74) is -1.32. The van der Waals surface area contributed by atoms with E-state index in [0.717, 1.165) is 19.3 Å². The van der Waals surface area contributed by atoms with Crippen molar-refractivity contribution in [3.05, 3.63) is 12.2 Å². The highest BCUT2D eigenvalue weighted by Gasteiger charge is 2.68. The van der Waals surface area contributed by atoms with Crippen LogP contribution >= 0.6 is 0 Å². The Morgan fingerprint density at radius 3 is 2.33 bits per heavy atom. The van der Waals surface area contributed by atoms with Crippen LogP contribution in [0.4, 0.5) is 0 Å². The number of carbonyl (C=O) groups is 1. The predicted molar refractivity (Wildman–Crippen MR) is 78.8 cm³/mol. The van der Waals surface area contributed by atoms with Crippen LogP contribution in [0.1, 0.15) is 59.3 Å². The van der Waals surface area contributed by atoms with E-state index >= 15 is 0 Å². The second-order valence-corrected chi connectivity index (χ2v) is 8.06. The standard InChI is InChI=1S/C17H26O4/c1-5-20-16-7-14(4)6-15(19,9-16)10-17(8-14,11-16)21-13(18)12(2)3/h19H,2,5-11H2,1,3-4H3. The third-order valence-electron chi connectivity index (χ3n) is 5.31. The maximum atomic E-state index is 12.1. The molecule has 4 fully saturated rings. The average molecular weight is 294 g/mol. The normalized spacial score (nSPS) is 47.4. The molecule has 4 bridgehead atoms. The lowest BCUT2D eigenvalue weighted by Gasteiger charge is -2.67. The Labute approximate surface area is 126 Å². The molecule has 0 aromatic carbocycles. The molecule has 4 heteroatoms. The quantitative estimate of drug-likeness (QED) is 0.640. The first-order chi connectivity index (χ1) is 9.63. The average Bonchev–Trinajstić information content (AvgIpc) is 2.22. The largest absolute Gasteiger partial charge is 0.455 e. The number of esters is 1. The summed E-state index contributed by atoms with van der Waals surface area (Å²) in [5.74, 6) is -0.351. The van der Waals surface area contributed by atoms with E-state index < -0.39 is 11.2 Å². The van der Waals surface area contributed by atoms with Gasteiger partial charge < -0.3 is 14.6 Å². The molecule has 0 spiro atoms. The van der Waals surface area contributed by atoms with Crippen LogP contribution in [0.25, 0.3) is 0 Å². The van der Waals surface area contributed by atoms with Gasteiger partial charge in [0.25, 0.3) is 0 Å². The molecule has 4 saturated carbocycles. The number of aliphatic hydroxyl groups is 1. The van der Waals surface area contributed by atoms with Crippen molar-refractivity contribution in [2.24, 2.45) is 5.41 Å². The van der Waals surface area contributed by atoms with Gasteiger partial charge in [0.2, 0.25) is 0 Å². The van der Waals surface area contributed by atoms with Crippen molar-refractivity contribution in [3.8, 4) is 0 Å². The van der Waals surface area contributed by atoms with Crippen molar-refractivity contribution in [2.75, 3.05) is 6.61 Å². The first-order valence-corrected chi connectivity index (χ1v) is 7.88. The highest BCUT2D eigenvalue weighted by Crippen LogP contribution is 2.66. The molecule has 4 unspecified atom stereocenters. The summed E-state index contributed by atoms with van der Waals surface area (Å²) in [7, 11) is 0. The maximum Gasteiger partial charge on any atom is 0.333 e. The molecule has 4 aliphatic carbocycles. The van der Waals surface area contributed by atoms with Crippen LogP contribution in [0, 0.1) is 5.41 Å². The lowest BCUT2D eigenvalue weighted by molar-refractivity contribution is -0.291.